The molecule has 0 fully saturated rings. The van der Waals surface area contributed by atoms with Gasteiger partial charge in [-0.25, -0.2) is 0 Å². The Morgan fingerprint density at radius 1 is 0.300 bits per heavy atom. The van der Waals surface area contributed by atoms with E-state index in [0.717, 1.165) is 55.7 Å². The van der Waals surface area contributed by atoms with Gasteiger partial charge in [0.15, 0.2) is 0 Å². The number of para-hydroxylation sites is 3. The summed E-state index contributed by atoms with van der Waals surface area (Å²) in [6.07, 6.45) is 0. The average Bonchev–Trinajstić information content (AvgIpc) is 3.58. The Kier molecular flexibility index (Phi) is 6.53. The summed E-state index contributed by atoms with van der Waals surface area (Å²) in [6, 6.07) is 67.4. The van der Waals surface area contributed by atoms with Crippen LogP contribution in [0.25, 0.3) is 76.5 Å². The molecule has 1 heterocycles. The predicted octanol–water partition coefficient (Wildman–Crippen LogP) is 13.8. The molecule has 0 N–H and O–H groups in total. The molecule has 0 aliphatic rings. The summed E-state index contributed by atoms with van der Waals surface area (Å²) < 4.78 is 6.45. The van der Waals surface area contributed by atoms with Crippen LogP contribution in [0.3, 0.4) is 0 Å². The zero-order valence-corrected chi connectivity index (χ0v) is 27.3. The standard InChI is InChI=1S/C48H31NO/c1-2-13-33(14-3-1)49(35-29-30-42-40-19-7-6-17-38(40)39-18-8-9-20-41(39)46(42)31-35)34-27-25-32(26-28-34)36-15-4-5-16-37(36)44-22-12-23-45-43-21-10-11-24-47(43)50-48(44)45/h1-31H. The molecule has 10 rings (SSSR count). The van der Waals surface area contributed by atoms with Gasteiger partial charge >= 0.3 is 0 Å². The first-order valence-corrected chi connectivity index (χ1v) is 17.1. The van der Waals surface area contributed by atoms with E-state index in [0.29, 0.717) is 0 Å². The second kappa shape index (κ2) is 11.5. The summed E-state index contributed by atoms with van der Waals surface area (Å²) in [7, 11) is 0. The van der Waals surface area contributed by atoms with Crippen LogP contribution in [0, 0.1) is 0 Å². The highest BCUT2D eigenvalue weighted by atomic mass is 16.3. The van der Waals surface area contributed by atoms with Crippen LogP contribution in [-0.2, 0) is 0 Å². The minimum atomic E-state index is 0.910. The minimum absolute atomic E-state index is 0.910. The fourth-order valence-corrected chi connectivity index (χ4v) is 7.78. The monoisotopic (exact) mass is 637 g/mol. The Morgan fingerprint density at radius 3 is 1.52 bits per heavy atom. The van der Waals surface area contributed by atoms with E-state index >= 15 is 0 Å². The first kappa shape index (κ1) is 28.4. The van der Waals surface area contributed by atoms with Crippen molar-refractivity contribution in [2.75, 3.05) is 4.90 Å². The number of benzene rings is 9. The smallest absolute Gasteiger partial charge is 0.143 e. The fourth-order valence-electron chi connectivity index (χ4n) is 7.78. The number of anilines is 3. The van der Waals surface area contributed by atoms with E-state index < -0.39 is 0 Å². The average molecular weight is 638 g/mol. The van der Waals surface area contributed by atoms with Gasteiger partial charge < -0.3 is 9.32 Å². The van der Waals surface area contributed by atoms with Crippen LogP contribution in [0.5, 0.6) is 0 Å². The van der Waals surface area contributed by atoms with Gasteiger partial charge in [0.05, 0.1) is 0 Å². The molecule has 0 aliphatic heterocycles. The van der Waals surface area contributed by atoms with Crippen LogP contribution in [0.15, 0.2) is 192 Å². The van der Waals surface area contributed by atoms with Gasteiger partial charge in [0, 0.05) is 33.4 Å². The highest BCUT2D eigenvalue weighted by Gasteiger charge is 2.18. The highest BCUT2D eigenvalue weighted by molar-refractivity contribution is 6.25. The van der Waals surface area contributed by atoms with Crippen molar-refractivity contribution in [1.82, 2.24) is 0 Å². The summed E-state index contributed by atoms with van der Waals surface area (Å²) >= 11 is 0. The van der Waals surface area contributed by atoms with E-state index in [1.165, 1.54) is 37.9 Å². The van der Waals surface area contributed by atoms with E-state index in [4.69, 9.17) is 4.42 Å². The molecule has 0 aliphatic carbocycles. The lowest BCUT2D eigenvalue weighted by molar-refractivity contribution is 0.670. The molecular formula is C48H31NO. The van der Waals surface area contributed by atoms with Gasteiger partial charge in [-0.2, -0.15) is 0 Å². The summed E-state index contributed by atoms with van der Waals surface area (Å²) in [5.41, 5.74) is 9.73. The molecule has 0 spiro atoms. The van der Waals surface area contributed by atoms with Crippen molar-refractivity contribution in [3.05, 3.63) is 188 Å². The lowest BCUT2D eigenvalue weighted by Crippen LogP contribution is -2.09. The van der Waals surface area contributed by atoms with Crippen molar-refractivity contribution in [1.29, 1.82) is 0 Å². The first-order valence-electron chi connectivity index (χ1n) is 17.1. The number of hydrogen-bond donors (Lipinski definition) is 0. The summed E-state index contributed by atoms with van der Waals surface area (Å²) in [5.74, 6) is 0. The van der Waals surface area contributed by atoms with Crippen molar-refractivity contribution < 1.29 is 4.42 Å². The van der Waals surface area contributed by atoms with Crippen molar-refractivity contribution in [2.45, 2.75) is 0 Å². The maximum absolute atomic E-state index is 6.45. The van der Waals surface area contributed by atoms with Crippen molar-refractivity contribution in [3.63, 3.8) is 0 Å². The van der Waals surface area contributed by atoms with Crippen LogP contribution in [0.4, 0.5) is 17.1 Å². The lowest BCUT2D eigenvalue weighted by atomic mass is 9.93. The number of fused-ring (bicyclic) bond motifs is 9. The van der Waals surface area contributed by atoms with Crippen LogP contribution in [0.1, 0.15) is 0 Å². The third-order valence-corrected chi connectivity index (χ3v) is 10.1. The maximum atomic E-state index is 6.45. The Labute approximate surface area is 290 Å². The normalized spacial score (nSPS) is 11.6. The second-order valence-corrected chi connectivity index (χ2v) is 12.9. The maximum Gasteiger partial charge on any atom is 0.143 e. The quantitative estimate of drug-likeness (QED) is 0.175. The van der Waals surface area contributed by atoms with Crippen LogP contribution >= 0.6 is 0 Å². The van der Waals surface area contributed by atoms with E-state index in [-0.39, 0.29) is 0 Å². The van der Waals surface area contributed by atoms with Crippen LogP contribution in [0.2, 0.25) is 0 Å². The van der Waals surface area contributed by atoms with Crippen LogP contribution < -0.4 is 4.90 Å². The first-order chi connectivity index (χ1) is 24.8. The molecule has 0 radical (unpaired) electrons. The third kappa shape index (κ3) is 4.50. The van der Waals surface area contributed by atoms with E-state index in [1.54, 1.807) is 0 Å². The van der Waals surface area contributed by atoms with Gasteiger partial charge in [-0.05, 0) is 91.5 Å². The molecule has 10 aromatic rings. The Balaban J connectivity index is 1.11. The number of hydrogen-bond acceptors (Lipinski definition) is 2. The van der Waals surface area contributed by atoms with E-state index in [2.05, 4.69) is 181 Å². The minimum Gasteiger partial charge on any atom is -0.455 e. The van der Waals surface area contributed by atoms with Gasteiger partial charge in [-0.3, -0.25) is 0 Å². The Bertz CT molecular complexity index is 2830. The number of rotatable bonds is 5. The molecule has 0 bridgehead atoms. The molecule has 0 atom stereocenters. The molecule has 0 amide bonds. The zero-order chi connectivity index (χ0) is 33.0. The van der Waals surface area contributed by atoms with Crippen molar-refractivity contribution >= 4 is 71.3 Å². The molecule has 234 valence electrons. The van der Waals surface area contributed by atoms with Gasteiger partial charge in [0.25, 0.3) is 0 Å². The molecule has 0 unspecified atom stereocenters. The van der Waals surface area contributed by atoms with Crippen molar-refractivity contribution in [3.8, 4) is 22.3 Å². The summed E-state index contributed by atoms with van der Waals surface area (Å²) in [4.78, 5) is 2.36. The predicted molar refractivity (Wildman–Crippen MR) is 212 cm³/mol. The number of nitrogens with zero attached hydrogens (tertiary/aromatic N) is 1. The molecule has 1 aromatic heterocycles. The Hall–Kier alpha value is -6.64. The second-order valence-electron chi connectivity index (χ2n) is 12.9. The zero-order valence-electron chi connectivity index (χ0n) is 27.3. The van der Waals surface area contributed by atoms with Gasteiger partial charge in [-0.1, -0.05) is 146 Å². The van der Waals surface area contributed by atoms with Crippen LogP contribution in [-0.4, -0.2) is 0 Å². The lowest BCUT2D eigenvalue weighted by Gasteiger charge is -2.26. The van der Waals surface area contributed by atoms with Gasteiger partial charge in [0.1, 0.15) is 11.2 Å². The Morgan fingerprint density at radius 2 is 0.800 bits per heavy atom. The molecular weight excluding hydrogens is 607 g/mol. The topological polar surface area (TPSA) is 16.4 Å². The third-order valence-electron chi connectivity index (χ3n) is 10.1. The molecule has 2 nitrogen and oxygen atoms in total. The molecule has 0 saturated heterocycles. The fraction of sp³-hybridized carbons (Fsp3) is 0. The summed E-state index contributed by atoms with van der Waals surface area (Å²) in [5, 5.41) is 9.91. The van der Waals surface area contributed by atoms with Gasteiger partial charge in [-0.15, -0.1) is 0 Å². The molecule has 2 heteroatoms. The largest absolute Gasteiger partial charge is 0.455 e. The van der Waals surface area contributed by atoms with Crippen molar-refractivity contribution in [2.24, 2.45) is 0 Å². The van der Waals surface area contributed by atoms with E-state index in [9.17, 15) is 0 Å². The van der Waals surface area contributed by atoms with E-state index in [1.807, 2.05) is 12.1 Å². The summed E-state index contributed by atoms with van der Waals surface area (Å²) in [6.45, 7) is 0. The molecule has 0 saturated carbocycles. The SMILES string of the molecule is c1ccc(N(c2ccc(-c3ccccc3-c3cccc4c3oc3ccccc34)cc2)c2ccc3c4ccccc4c4ccccc4c3c2)cc1. The van der Waals surface area contributed by atoms with Gasteiger partial charge in [0.2, 0.25) is 0 Å². The molecule has 50 heavy (non-hydrogen) atoms. The number of furan rings is 1. The molecule has 9 aromatic carbocycles. The highest BCUT2D eigenvalue weighted by Crippen LogP contribution is 2.43.